The van der Waals surface area contributed by atoms with Crippen molar-refractivity contribution in [3.05, 3.63) is 259 Å². The highest BCUT2D eigenvalue weighted by molar-refractivity contribution is 6.58. The summed E-state index contributed by atoms with van der Waals surface area (Å²) in [6, 6.07) is 48.0. The molecule has 4 aliphatic rings. The quantitative estimate of drug-likeness (QED) is 0.0334. The molecule has 4 aliphatic heterocycles. The van der Waals surface area contributed by atoms with Gasteiger partial charge < -0.3 is 87.3 Å². The summed E-state index contributed by atoms with van der Waals surface area (Å²) in [5.41, 5.74) is 10.5. The third kappa shape index (κ3) is 27.9. The summed E-state index contributed by atoms with van der Waals surface area (Å²) in [7, 11) is -1.46. The van der Waals surface area contributed by atoms with Crippen LogP contribution >= 0.6 is 11.6 Å². The Kier molecular flexibility index (Phi) is 32.9. The zero-order valence-electron chi connectivity index (χ0n) is 78.1. The molecule has 0 saturated carbocycles. The van der Waals surface area contributed by atoms with Crippen LogP contribution in [0, 0.1) is 20.8 Å². The molecule has 0 radical (unpaired) electrons. The molecule has 4 saturated heterocycles. The lowest BCUT2D eigenvalue weighted by molar-refractivity contribution is 0.0230. The van der Waals surface area contributed by atoms with E-state index in [-0.39, 0.29) is 36.8 Å². The largest absolute Gasteiger partial charge is 0.488 e. The predicted molar refractivity (Wildman–Crippen MR) is 516 cm³/mol. The average molecular weight is 1880 g/mol. The number of aliphatic hydroxyl groups excluding tert-OH is 2. The van der Waals surface area contributed by atoms with Crippen LogP contribution in [-0.2, 0) is 40.5 Å². The number of carbonyl (C=O) groups is 3. The smallest absolute Gasteiger partial charge is 0.444 e. The van der Waals surface area contributed by atoms with Crippen LogP contribution in [0.15, 0.2) is 210 Å². The number of ether oxygens (including phenoxy) is 3. The van der Waals surface area contributed by atoms with Crippen LogP contribution in [0.25, 0.3) is 67.9 Å². The summed E-state index contributed by atoms with van der Waals surface area (Å²) in [5.74, 6) is 3.92. The maximum absolute atomic E-state index is 12.5. The van der Waals surface area contributed by atoms with Crippen LogP contribution in [0.4, 0.5) is 37.7 Å². The predicted octanol–water partition coefficient (Wildman–Crippen LogP) is 10.6. The van der Waals surface area contributed by atoms with E-state index in [9.17, 15) is 33.9 Å². The number of hydrogen-bond donors (Lipinski definition) is 6. The van der Waals surface area contributed by atoms with Gasteiger partial charge in [0.15, 0.2) is 51.2 Å². The molecule has 40 heteroatoms. The summed E-state index contributed by atoms with van der Waals surface area (Å²) in [6.45, 7) is 34.4. The minimum atomic E-state index is -1.46. The number of oxazole rings is 3. The third-order valence-electron chi connectivity index (χ3n) is 21.3. The van der Waals surface area contributed by atoms with Crippen molar-refractivity contribution in [2.24, 2.45) is 0 Å². The fraction of sp³-hybridized carbons (Fsp3) is 0.365. The van der Waals surface area contributed by atoms with E-state index in [1.807, 2.05) is 192 Å². The normalized spacial score (nSPS) is 14.1. The number of halogens is 1. The average Bonchev–Trinajstić information content (AvgIpc) is 1.64. The number of anilines is 4. The molecule has 10 aromatic heterocycles. The van der Waals surface area contributed by atoms with Gasteiger partial charge in [0, 0.05) is 163 Å². The van der Waals surface area contributed by atoms with Crippen molar-refractivity contribution < 1.29 is 62.1 Å². The van der Waals surface area contributed by atoms with Gasteiger partial charge in [-0.3, -0.25) is 14.1 Å². The van der Waals surface area contributed by atoms with Crippen molar-refractivity contribution >= 4 is 99.4 Å². The number of nitrogens with one attached hydrogen (secondary N) is 2. The van der Waals surface area contributed by atoms with Gasteiger partial charge >= 0.3 is 42.7 Å². The summed E-state index contributed by atoms with van der Waals surface area (Å²) in [5, 5.41) is 39.0. The zero-order chi connectivity index (χ0) is 97.0. The lowest BCUT2D eigenvalue weighted by atomic mass is 9.80. The standard InChI is InChI=1S/C27H30N6O4.C22H22N6O2.C20H26N4O3.C13H19ClN4O2.C7H9BO3.C7H6N2O2/c1-18-8-9-21-24(29-18)33(26(35)36-21)17-19-6-5-7-20(16-19)23-28-11-10-22(30-23)31-12-14-32(15-13-31)25(34)37-27(2,3)4;1-15-5-6-18-21(25-15)28(22(29)30-18)14-16-3-2-4-17(13-16)20-24-8-7-19(26-20)27-11-9-23-10-12-27;1-20(2,3)27-19(26)24-11-9-23(10-12-24)17-7-8-21-18(22-17)16-6-4-5-15(13-16)14-25;1-13(2,3)20-12(19)18-8-6-17(7-9-18)10-4-5-15-11(14)16-10;9-5-6-2-1-3-7(4-6)8(10)11;1-4-2-3-5-6(8-4)9-7(10)11-5/h5-11,16H,12-15,17H2,1-4H3;2-8,13,23H,9-12,14H2,1H3;4-8,13,25H,9-12,14H2,1-3H3;4-5H,6-9H2,1-3H3;1-4,9-11H,5H2;2-3H,1H3,(H,8,9,10). The van der Waals surface area contributed by atoms with E-state index >= 15 is 0 Å². The van der Waals surface area contributed by atoms with E-state index in [2.05, 4.69) is 74.8 Å². The van der Waals surface area contributed by atoms with Crippen molar-refractivity contribution in [3.63, 3.8) is 0 Å². The summed E-state index contributed by atoms with van der Waals surface area (Å²) in [4.78, 5) is 137. The number of aliphatic hydroxyl groups is 2. The second-order valence-electron chi connectivity index (χ2n) is 35.3. The van der Waals surface area contributed by atoms with Crippen molar-refractivity contribution in [3.8, 4) is 34.2 Å². The highest BCUT2D eigenvalue weighted by atomic mass is 35.5. The topological polar surface area (TPSA) is 453 Å². The number of aromatic amines is 1. The van der Waals surface area contributed by atoms with E-state index in [0.29, 0.717) is 154 Å². The first kappa shape index (κ1) is 99.1. The number of aryl methyl sites for hydroxylation is 3. The third-order valence-corrected chi connectivity index (χ3v) is 21.5. The minimum absolute atomic E-state index is 0.0137. The van der Waals surface area contributed by atoms with Crippen LogP contribution in [0.3, 0.4) is 0 Å². The maximum atomic E-state index is 12.5. The number of benzene rings is 4. The summed E-state index contributed by atoms with van der Waals surface area (Å²) < 4.78 is 34.8. The molecule has 14 aromatic rings. The van der Waals surface area contributed by atoms with Gasteiger partial charge in [-0.15, -0.1) is 0 Å². The number of nitrogens with zero attached hydrogens (tertiary/aromatic N) is 20. The number of pyridine rings is 3. The van der Waals surface area contributed by atoms with Crippen LogP contribution in [0.2, 0.25) is 5.28 Å². The molecule has 0 aliphatic carbocycles. The van der Waals surface area contributed by atoms with Gasteiger partial charge in [0.05, 0.1) is 26.3 Å². The molecule has 4 fully saturated rings. The number of aromatic nitrogens is 14. The van der Waals surface area contributed by atoms with E-state index < -0.39 is 41.2 Å². The van der Waals surface area contributed by atoms with Crippen molar-refractivity contribution in [2.45, 2.75) is 126 Å². The van der Waals surface area contributed by atoms with Gasteiger partial charge in [-0.25, -0.2) is 83.6 Å². The Labute approximate surface area is 789 Å². The van der Waals surface area contributed by atoms with E-state index in [4.69, 9.17) is 64.2 Å². The number of rotatable bonds is 14. The van der Waals surface area contributed by atoms with Crippen LogP contribution in [0.5, 0.6) is 0 Å². The summed E-state index contributed by atoms with van der Waals surface area (Å²) >= 11 is 5.78. The monoisotopic (exact) mass is 1870 g/mol. The van der Waals surface area contributed by atoms with Crippen LogP contribution in [-0.4, -0.2) is 251 Å². The fourth-order valence-corrected chi connectivity index (χ4v) is 14.8. The van der Waals surface area contributed by atoms with Crippen molar-refractivity contribution in [2.75, 3.05) is 124 Å². The van der Waals surface area contributed by atoms with Crippen molar-refractivity contribution in [1.82, 2.24) is 89.0 Å². The second-order valence-corrected chi connectivity index (χ2v) is 35.6. The Morgan fingerprint density at radius 2 is 0.750 bits per heavy atom. The highest BCUT2D eigenvalue weighted by Crippen LogP contribution is 2.28. The Bertz CT molecular complexity index is 6620. The number of amides is 3. The van der Waals surface area contributed by atoms with Gasteiger partial charge in [-0.2, -0.15) is 0 Å². The Hall–Kier alpha value is -14.4. The van der Waals surface area contributed by atoms with E-state index in [1.165, 1.54) is 4.57 Å². The van der Waals surface area contributed by atoms with Gasteiger partial charge in [0.25, 0.3) is 0 Å². The second kappa shape index (κ2) is 45.1. The minimum Gasteiger partial charge on any atom is -0.444 e. The van der Waals surface area contributed by atoms with E-state index in [0.717, 1.165) is 99.9 Å². The molecule has 0 spiro atoms. The number of H-pyrrole nitrogens is 1. The number of fused-ring (bicyclic) bond motifs is 3. The first-order valence-electron chi connectivity index (χ1n) is 44.5. The number of carbonyl (C=O) groups excluding carboxylic acids is 3. The number of hydrogen-bond acceptors (Lipinski definition) is 32. The molecule has 38 nitrogen and oxygen atoms in total. The van der Waals surface area contributed by atoms with Gasteiger partial charge in [-0.1, -0.05) is 78.9 Å². The first-order valence-corrected chi connectivity index (χ1v) is 44.9. The summed E-state index contributed by atoms with van der Waals surface area (Å²) in [6.07, 6.45) is 6.08. The molecule has 18 rings (SSSR count). The zero-order valence-corrected chi connectivity index (χ0v) is 78.8. The Morgan fingerprint density at radius 3 is 1.13 bits per heavy atom. The first-order chi connectivity index (χ1) is 65.0. The van der Waals surface area contributed by atoms with Gasteiger partial charge in [0.2, 0.25) is 5.28 Å². The SMILES string of the molecule is CC(C)(C)OC(=O)N1CCN(c2ccnc(-c3cccc(CO)c3)n2)CC1.CC(C)(C)OC(=O)N1CCN(c2ccnc(Cl)n2)CC1.Cc1ccc2oc(=O)[nH]c2n1.Cc1ccc2oc(=O)n(Cc3cccc(-c4nccc(N5CCN(C(=O)OC(C)(C)C)CC5)n4)c3)c2n1.Cc1ccc2oc(=O)n(Cc3cccc(-c4nccc(N5CCNCC5)n4)c3)c2n1.OCc1cccc(B(O)O)c1. The fourth-order valence-electron chi connectivity index (χ4n) is 14.7. The van der Waals surface area contributed by atoms with Crippen LogP contribution in [0.1, 0.15) is 102 Å². The molecule has 14 heterocycles. The van der Waals surface area contributed by atoms with Gasteiger partial charge in [-0.05, 0) is 201 Å². The molecule has 6 N–H and O–H groups in total. The van der Waals surface area contributed by atoms with Crippen LogP contribution < -0.4 is 47.6 Å². The lowest BCUT2D eigenvalue weighted by Crippen LogP contribution is -2.50. The molecule has 0 bridgehead atoms. The molecule has 136 heavy (non-hydrogen) atoms. The number of piperazine rings is 4. The lowest BCUT2D eigenvalue weighted by Gasteiger charge is -2.36. The maximum Gasteiger partial charge on any atom is 0.488 e. The molecule has 0 unspecified atom stereocenters. The molecular weight excluding hydrogens is 1760 g/mol. The Morgan fingerprint density at radius 1 is 0.404 bits per heavy atom. The highest BCUT2D eigenvalue weighted by Gasteiger charge is 2.31. The van der Waals surface area contributed by atoms with E-state index in [1.54, 1.807) is 92.6 Å². The molecule has 712 valence electrons. The molecule has 4 aromatic carbocycles. The van der Waals surface area contributed by atoms with Gasteiger partial charge in [0.1, 0.15) is 40.1 Å². The Balaban J connectivity index is 0.000000144. The molecular formula is C96H112BClN22O16. The van der Waals surface area contributed by atoms with Crippen molar-refractivity contribution in [1.29, 1.82) is 0 Å². The molecule has 0 atom stereocenters. The molecule has 3 amide bonds.